The van der Waals surface area contributed by atoms with Crippen LogP contribution in [0.15, 0.2) is 53.4 Å². The zero-order valence-corrected chi connectivity index (χ0v) is 23.2. The third kappa shape index (κ3) is 6.54. The molecule has 2 fully saturated rings. The minimum atomic E-state index is -3.23. The molecule has 200 valence electrons. The molecule has 9 heteroatoms. The van der Waals surface area contributed by atoms with E-state index in [1.54, 1.807) is 24.3 Å². The van der Waals surface area contributed by atoms with Gasteiger partial charge in [0.25, 0.3) is 0 Å². The second-order valence-electron chi connectivity index (χ2n) is 10.3. The number of amides is 2. The van der Waals surface area contributed by atoms with Gasteiger partial charge in [0.15, 0.2) is 9.84 Å². The lowest BCUT2D eigenvalue weighted by Crippen LogP contribution is -2.45. The Bertz CT molecular complexity index is 1220. The van der Waals surface area contributed by atoms with Crippen molar-refractivity contribution in [3.8, 4) is 0 Å². The average Bonchev–Trinajstić information content (AvgIpc) is 3.17. The Morgan fingerprint density at radius 2 is 1.70 bits per heavy atom. The van der Waals surface area contributed by atoms with Gasteiger partial charge in [0.1, 0.15) is 0 Å². The van der Waals surface area contributed by atoms with Crippen LogP contribution < -0.4 is 5.32 Å². The van der Waals surface area contributed by atoms with Gasteiger partial charge in [-0.3, -0.25) is 9.59 Å². The molecule has 0 saturated carbocycles. The highest BCUT2D eigenvalue weighted by Crippen LogP contribution is 2.42. The van der Waals surface area contributed by atoms with Gasteiger partial charge in [0.05, 0.1) is 16.4 Å². The Labute approximate surface area is 225 Å². The number of carbonyl (C=O) groups excluding carboxylic acids is 2. The molecule has 37 heavy (non-hydrogen) atoms. The molecule has 4 rings (SSSR count). The summed E-state index contributed by atoms with van der Waals surface area (Å²) in [6.45, 7) is 5.59. The van der Waals surface area contributed by atoms with E-state index in [0.717, 1.165) is 63.0 Å². The molecule has 1 N–H and O–H groups in total. The molecule has 7 nitrogen and oxygen atoms in total. The number of hydrogen-bond donors (Lipinski definition) is 1. The first-order valence-electron chi connectivity index (χ1n) is 13.0. The van der Waals surface area contributed by atoms with Gasteiger partial charge in [-0.2, -0.15) is 0 Å². The number of rotatable bonds is 9. The maximum Gasteiger partial charge on any atom is 0.229 e. The fourth-order valence-corrected chi connectivity index (χ4v) is 6.34. The van der Waals surface area contributed by atoms with Gasteiger partial charge in [-0.1, -0.05) is 48.9 Å². The molecule has 2 aromatic carbocycles. The second kappa shape index (κ2) is 11.5. The molecule has 2 aromatic rings. The summed E-state index contributed by atoms with van der Waals surface area (Å²) in [6, 6.07) is 14.3. The van der Waals surface area contributed by atoms with Gasteiger partial charge >= 0.3 is 0 Å². The van der Waals surface area contributed by atoms with E-state index in [2.05, 4.69) is 10.2 Å². The van der Waals surface area contributed by atoms with Gasteiger partial charge in [0, 0.05) is 37.3 Å². The summed E-state index contributed by atoms with van der Waals surface area (Å²) in [5.74, 6) is 0.216. The largest absolute Gasteiger partial charge is 0.349 e. The quantitative estimate of drug-likeness (QED) is 0.510. The Morgan fingerprint density at radius 1 is 1.05 bits per heavy atom. The van der Waals surface area contributed by atoms with Crippen molar-refractivity contribution in [1.29, 1.82) is 0 Å². The highest BCUT2D eigenvalue weighted by Gasteiger charge is 2.47. The lowest BCUT2D eigenvalue weighted by Gasteiger charge is -2.38. The van der Waals surface area contributed by atoms with Crippen LogP contribution in [-0.2, 0) is 26.0 Å². The van der Waals surface area contributed by atoms with Crippen molar-refractivity contribution in [3.05, 3.63) is 64.7 Å². The predicted molar refractivity (Wildman–Crippen MR) is 145 cm³/mol. The molecule has 2 aliphatic rings. The Kier molecular flexibility index (Phi) is 8.61. The number of sulfone groups is 1. The number of halogens is 1. The van der Waals surface area contributed by atoms with Crippen molar-refractivity contribution in [3.63, 3.8) is 0 Å². The maximum atomic E-state index is 13.4. The van der Waals surface area contributed by atoms with E-state index in [4.69, 9.17) is 11.6 Å². The summed E-state index contributed by atoms with van der Waals surface area (Å²) >= 11 is 6.43. The van der Waals surface area contributed by atoms with E-state index < -0.39 is 9.84 Å². The third-order valence-electron chi connectivity index (χ3n) is 7.81. The molecule has 2 saturated heterocycles. The molecule has 0 bridgehead atoms. The van der Waals surface area contributed by atoms with Crippen LogP contribution in [0.2, 0.25) is 5.02 Å². The van der Waals surface area contributed by atoms with E-state index in [1.165, 1.54) is 6.26 Å². The zero-order valence-electron chi connectivity index (χ0n) is 21.6. The number of likely N-dealkylation sites (tertiary alicyclic amines) is 2. The van der Waals surface area contributed by atoms with Gasteiger partial charge in [-0.05, 0) is 68.1 Å². The highest BCUT2D eigenvalue weighted by atomic mass is 35.5. The molecule has 2 heterocycles. The number of benzene rings is 2. The minimum Gasteiger partial charge on any atom is -0.349 e. The summed E-state index contributed by atoms with van der Waals surface area (Å²) in [7, 11) is -3.23. The van der Waals surface area contributed by atoms with Crippen LogP contribution >= 0.6 is 11.6 Å². The van der Waals surface area contributed by atoms with Crippen LogP contribution in [0.25, 0.3) is 0 Å². The standard InChI is InChI=1S/C28H36ClN3O4S/c1-3-26(33)30-25(23-6-4-5-7-24(23)29)12-16-31-17-13-28(14-18-31)15-19-32(27(28)34)20-21-8-10-22(11-9-21)37(2,35)36/h4-11,25H,3,12-20H2,1-2H3,(H,30,33). The van der Waals surface area contributed by atoms with Crippen LogP contribution in [0.1, 0.15) is 56.2 Å². The zero-order chi connectivity index (χ0) is 26.6. The predicted octanol–water partition coefficient (Wildman–Crippen LogP) is 4.22. The molecule has 2 amide bonds. The van der Waals surface area contributed by atoms with Crippen LogP contribution in [0.5, 0.6) is 0 Å². The SMILES string of the molecule is CCC(=O)NC(CCN1CCC2(CC1)CCN(Cc1ccc(S(C)(=O)=O)cc1)C2=O)c1ccccc1Cl. The van der Waals surface area contributed by atoms with Crippen molar-refractivity contribution in [2.75, 3.05) is 32.4 Å². The molecule has 0 aromatic heterocycles. The van der Waals surface area contributed by atoms with Crippen LogP contribution in [-0.4, -0.2) is 62.5 Å². The normalized spacial score (nSPS) is 18.8. The van der Waals surface area contributed by atoms with Gasteiger partial charge in [0.2, 0.25) is 11.8 Å². The summed E-state index contributed by atoms with van der Waals surface area (Å²) in [6.07, 6.45) is 4.89. The van der Waals surface area contributed by atoms with Crippen LogP contribution in [0.4, 0.5) is 0 Å². The van der Waals surface area contributed by atoms with Crippen molar-refractivity contribution in [2.45, 2.75) is 56.5 Å². The number of piperidine rings is 1. The molecule has 2 aliphatic heterocycles. The summed E-state index contributed by atoms with van der Waals surface area (Å²) in [5, 5.41) is 3.77. The van der Waals surface area contributed by atoms with Gasteiger partial charge in [-0.25, -0.2) is 8.42 Å². The molecule has 0 radical (unpaired) electrons. The monoisotopic (exact) mass is 545 g/mol. The number of hydrogen-bond acceptors (Lipinski definition) is 5. The van der Waals surface area contributed by atoms with Crippen molar-refractivity contribution in [2.24, 2.45) is 5.41 Å². The first-order chi connectivity index (χ1) is 17.6. The van der Waals surface area contributed by atoms with Gasteiger partial charge in [-0.15, -0.1) is 0 Å². The van der Waals surface area contributed by atoms with Crippen molar-refractivity contribution >= 4 is 33.3 Å². The van der Waals surface area contributed by atoms with Crippen LogP contribution in [0, 0.1) is 5.41 Å². The first kappa shape index (κ1) is 27.6. The van der Waals surface area contributed by atoms with E-state index in [9.17, 15) is 18.0 Å². The Balaban J connectivity index is 1.32. The Hall–Kier alpha value is -2.42. The molecule has 0 aliphatic carbocycles. The number of nitrogens with one attached hydrogen (secondary N) is 1. The summed E-state index contributed by atoms with van der Waals surface area (Å²) in [5.41, 5.74) is 1.57. The fraction of sp³-hybridized carbons (Fsp3) is 0.500. The molecule has 1 atom stereocenters. The topological polar surface area (TPSA) is 86.8 Å². The minimum absolute atomic E-state index is 0.00474. The molecule has 1 spiro atoms. The smallest absolute Gasteiger partial charge is 0.229 e. The highest BCUT2D eigenvalue weighted by molar-refractivity contribution is 7.90. The molecular formula is C28H36ClN3O4S. The lowest BCUT2D eigenvalue weighted by molar-refractivity contribution is -0.139. The van der Waals surface area contributed by atoms with Crippen LogP contribution in [0.3, 0.4) is 0 Å². The van der Waals surface area contributed by atoms with E-state index >= 15 is 0 Å². The first-order valence-corrected chi connectivity index (χ1v) is 15.2. The number of carbonyl (C=O) groups is 2. The maximum absolute atomic E-state index is 13.4. The third-order valence-corrected chi connectivity index (χ3v) is 9.28. The Morgan fingerprint density at radius 3 is 2.32 bits per heavy atom. The molecule has 1 unspecified atom stereocenters. The van der Waals surface area contributed by atoms with E-state index in [1.807, 2.05) is 36.1 Å². The number of nitrogens with zero attached hydrogens (tertiary/aromatic N) is 2. The van der Waals surface area contributed by atoms with Crippen molar-refractivity contribution < 1.29 is 18.0 Å². The van der Waals surface area contributed by atoms with E-state index in [0.29, 0.717) is 22.9 Å². The second-order valence-corrected chi connectivity index (χ2v) is 12.7. The average molecular weight is 546 g/mol. The van der Waals surface area contributed by atoms with Gasteiger partial charge < -0.3 is 15.1 Å². The van der Waals surface area contributed by atoms with Crippen molar-refractivity contribution in [1.82, 2.24) is 15.1 Å². The lowest BCUT2D eigenvalue weighted by atomic mass is 9.77. The fourth-order valence-electron chi connectivity index (χ4n) is 5.45. The van der Waals surface area contributed by atoms with E-state index in [-0.39, 0.29) is 23.3 Å². The summed E-state index contributed by atoms with van der Waals surface area (Å²) in [4.78, 5) is 30.1. The molecular weight excluding hydrogens is 510 g/mol. The summed E-state index contributed by atoms with van der Waals surface area (Å²) < 4.78 is 23.4.